The Labute approximate surface area is 290 Å². The number of ether oxygens (including phenoxy) is 3. The van der Waals surface area contributed by atoms with E-state index >= 15 is 0 Å². The van der Waals surface area contributed by atoms with E-state index in [0.29, 0.717) is 34.6 Å². The highest BCUT2D eigenvalue weighted by atomic mass is 16.6. The summed E-state index contributed by atoms with van der Waals surface area (Å²) in [5.41, 5.74) is 13.0. The molecule has 16 heteroatoms. The van der Waals surface area contributed by atoms with Gasteiger partial charge in [-0.25, -0.2) is 9.79 Å². The Morgan fingerprint density at radius 1 is 0.902 bits per heavy atom. The molecule has 0 fully saturated rings. The molecular formula is C35H34N4O12. The zero-order chi connectivity index (χ0) is 36.8. The van der Waals surface area contributed by atoms with Crippen molar-refractivity contribution in [1.82, 2.24) is 4.90 Å². The van der Waals surface area contributed by atoms with Gasteiger partial charge in [-0.3, -0.25) is 24.0 Å². The van der Waals surface area contributed by atoms with Crippen LogP contribution >= 0.6 is 0 Å². The molecule has 0 aliphatic carbocycles. The maximum Gasteiger partial charge on any atom is 0.343 e. The first-order valence-electron chi connectivity index (χ1n) is 15.8. The lowest BCUT2D eigenvalue weighted by molar-refractivity contribution is -0.149. The first-order valence-corrected chi connectivity index (χ1v) is 15.8. The summed E-state index contributed by atoms with van der Waals surface area (Å²) >= 11 is 0. The smallest absolute Gasteiger partial charge is 0.343 e. The zero-order valence-corrected chi connectivity index (χ0v) is 27.1. The first-order chi connectivity index (χ1) is 24.3. The number of nitrogens with zero attached hydrogens (tertiary/aromatic N) is 2. The normalized spacial score (nSPS) is 15.0. The molecule has 16 nitrogen and oxygen atoms in total. The van der Waals surface area contributed by atoms with Crippen LogP contribution in [0.2, 0.25) is 0 Å². The number of carboxylic acid groups (broad SMARTS) is 2. The van der Waals surface area contributed by atoms with Gasteiger partial charge in [0.25, 0.3) is 0 Å². The molecule has 0 aromatic heterocycles. The minimum Gasteiger partial charge on any atom is -0.508 e. The van der Waals surface area contributed by atoms with E-state index in [2.05, 4.69) is 4.99 Å². The number of hydrogen-bond donors (Lipinski definition) is 5. The number of phenols is 1. The Morgan fingerprint density at radius 3 is 2.35 bits per heavy atom. The Hall–Kier alpha value is -6.45. The van der Waals surface area contributed by atoms with Crippen LogP contribution in [0.3, 0.4) is 0 Å². The fraction of sp³-hybridized carbons (Fsp3) is 0.286. The standard InChI is InChI=1S/C35H34N4O12/c36-35(37)38-22-6-8-24-19(13-22)2-1-11-49-32-26(50-34(24)48)9-4-18(5-10-28(42)39(16-29(43)44)17-30(45)46)31(32)25(41)14-21-12-20-3-7-23(40)15-27(20)51-33(21)47/h3-4,6-9,13,15,21,40H,1-2,5,10-12,14,16-17H2,(H,43,44)(H,45,46)(H4,36,37,38)/t21-/m1/s1. The van der Waals surface area contributed by atoms with Gasteiger partial charge >= 0.3 is 23.9 Å². The molecule has 0 unspecified atom stereocenters. The summed E-state index contributed by atoms with van der Waals surface area (Å²) in [4.78, 5) is 80.9. The molecule has 0 radical (unpaired) electrons. The first kappa shape index (κ1) is 35.8. The number of aryl methyl sites for hydroxylation is 2. The zero-order valence-electron chi connectivity index (χ0n) is 27.1. The molecule has 0 bridgehead atoms. The molecule has 3 aromatic rings. The van der Waals surface area contributed by atoms with Crippen LogP contribution < -0.4 is 25.7 Å². The second-order valence-corrected chi connectivity index (χ2v) is 11.9. The van der Waals surface area contributed by atoms with E-state index in [1.54, 1.807) is 18.2 Å². The van der Waals surface area contributed by atoms with Crippen LogP contribution in [0.1, 0.15) is 56.7 Å². The van der Waals surface area contributed by atoms with Crippen molar-refractivity contribution in [3.8, 4) is 23.0 Å². The number of carboxylic acids is 2. The minimum atomic E-state index is -1.41. The SMILES string of the molecule is NC(N)=Nc1ccc2c(c1)CCCOc1c(ccc(CCC(=O)N(CC(=O)O)CC(=O)O)c1C(=O)C[C@H]1Cc3ccc(O)cc3OC1=O)OC2=O. The van der Waals surface area contributed by atoms with Crippen LogP contribution in [0.4, 0.5) is 5.69 Å². The van der Waals surface area contributed by atoms with Crippen molar-refractivity contribution in [3.63, 3.8) is 0 Å². The number of amides is 1. The van der Waals surface area contributed by atoms with Gasteiger partial charge in [-0.2, -0.15) is 0 Å². The quantitative estimate of drug-likeness (QED) is 0.0631. The van der Waals surface area contributed by atoms with E-state index in [1.807, 2.05) is 0 Å². The molecule has 5 rings (SSSR count). The third kappa shape index (κ3) is 8.78. The van der Waals surface area contributed by atoms with Gasteiger partial charge in [0.2, 0.25) is 5.91 Å². The molecule has 0 saturated heterocycles. The molecule has 266 valence electrons. The summed E-state index contributed by atoms with van der Waals surface area (Å²) in [5, 5.41) is 28.2. The van der Waals surface area contributed by atoms with Crippen LogP contribution in [0, 0.1) is 5.92 Å². The van der Waals surface area contributed by atoms with Crippen molar-refractivity contribution in [3.05, 3.63) is 76.3 Å². The molecule has 7 N–H and O–H groups in total. The third-order valence-electron chi connectivity index (χ3n) is 8.20. The number of rotatable bonds is 11. The van der Waals surface area contributed by atoms with Gasteiger partial charge in [0.1, 0.15) is 24.6 Å². The predicted octanol–water partition coefficient (Wildman–Crippen LogP) is 2.12. The summed E-state index contributed by atoms with van der Waals surface area (Å²) in [6.07, 6.45) is -0.0669. The monoisotopic (exact) mass is 702 g/mol. The van der Waals surface area contributed by atoms with E-state index in [4.69, 9.17) is 25.7 Å². The average molecular weight is 703 g/mol. The molecule has 1 amide bonds. The number of ketones is 1. The van der Waals surface area contributed by atoms with E-state index in [1.165, 1.54) is 30.3 Å². The largest absolute Gasteiger partial charge is 0.508 e. The number of aromatic hydroxyl groups is 1. The number of Topliss-reactive ketones (excluding diaryl/α,β-unsaturated/α-hetero) is 1. The molecule has 0 spiro atoms. The summed E-state index contributed by atoms with van der Waals surface area (Å²) < 4.78 is 17.3. The number of esters is 2. The summed E-state index contributed by atoms with van der Waals surface area (Å²) in [7, 11) is 0. The molecule has 51 heavy (non-hydrogen) atoms. The molecular weight excluding hydrogens is 668 g/mol. The third-order valence-corrected chi connectivity index (χ3v) is 8.20. The Morgan fingerprint density at radius 2 is 1.65 bits per heavy atom. The predicted molar refractivity (Wildman–Crippen MR) is 177 cm³/mol. The molecule has 2 heterocycles. The van der Waals surface area contributed by atoms with Crippen molar-refractivity contribution >= 4 is 47.2 Å². The van der Waals surface area contributed by atoms with Crippen molar-refractivity contribution in [2.75, 3.05) is 19.7 Å². The summed E-state index contributed by atoms with van der Waals surface area (Å²) in [6.45, 7) is -1.65. The lowest BCUT2D eigenvalue weighted by Crippen LogP contribution is -2.39. The number of phenolic OH excluding ortho intramolecular Hbond substituents is 1. The summed E-state index contributed by atoms with van der Waals surface area (Å²) in [5.74, 6) is -6.89. The van der Waals surface area contributed by atoms with Gasteiger partial charge in [0.05, 0.1) is 29.3 Å². The minimum absolute atomic E-state index is 0.0481. The van der Waals surface area contributed by atoms with Crippen LogP contribution in [0.5, 0.6) is 23.0 Å². The number of guanidine groups is 1. The van der Waals surface area contributed by atoms with Crippen LogP contribution in [0.25, 0.3) is 0 Å². The molecule has 0 saturated carbocycles. The number of benzene rings is 3. The number of aliphatic imine (C=N–C) groups is 1. The van der Waals surface area contributed by atoms with Crippen LogP contribution in [-0.4, -0.2) is 81.4 Å². The molecule has 1 atom stereocenters. The highest BCUT2D eigenvalue weighted by Gasteiger charge is 2.34. The number of fused-ring (bicyclic) bond motifs is 3. The number of aliphatic carboxylic acids is 2. The van der Waals surface area contributed by atoms with E-state index in [9.17, 15) is 44.1 Å². The van der Waals surface area contributed by atoms with E-state index in [-0.39, 0.29) is 77.9 Å². The number of carbonyl (C=O) groups excluding carboxylic acids is 4. The number of nitrogens with two attached hydrogens (primary N) is 2. The maximum atomic E-state index is 14.2. The second kappa shape index (κ2) is 15.4. The van der Waals surface area contributed by atoms with Gasteiger partial charge in [-0.1, -0.05) is 12.1 Å². The lowest BCUT2D eigenvalue weighted by atomic mass is 9.87. The van der Waals surface area contributed by atoms with Crippen molar-refractivity contribution < 1.29 is 58.3 Å². The fourth-order valence-electron chi connectivity index (χ4n) is 5.93. The molecule has 2 aliphatic rings. The number of hydrogen-bond acceptors (Lipinski definition) is 11. The van der Waals surface area contributed by atoms with Gasteiger partial charge in [-0.15, -0.1) is 0 Å². The molecule has 2 aliphatic heterocycles. The van der Waals surface area contributed by atoms with Crippen molar-refractivity contribution in [2.24, 2.45) is 22.4 Å². The Balaban J connectivity index is 1.50. The van der Waals surface area contributed by atoms with Crippen molar-refractivity contribution in [2.45, 2.75) is 38.5 Å². The maximum absolute atomic E-state index is 14.2. The topological polar surface area (TPSA) is 258 Å². The Bertz CT molecular complexity index is 1940. The van der Waals surface area contributed by atoms with Gasteiger partial charge in [-0.05, 0) is 72.7 Å². The highest BCUT2D eigenvalue weighted by molar-refractivity contribution is 6.03. The van der Waals surface area contributed by atoms with Gasteiger partial charge in [0.15, 0.2) is 23.2 Å². The van der Waals surface area contributed by atoms with Gasteiger partial charge < -0.3 is 45.9 Å². The van der Waals surface area contributed by atoms with E-state index in [0.717, 1.165) is 0 Å². The van der Waals surface area contributed by atoms with E-state index < -0.39 is 54.6 Å². The van der Waals surface area contributed by atoms with Crippen LogP contribution in [0.15, 0.2) is 53.5 Å². The fourth-order valence-corrected chi connectivity index (χ4v) is 5.93. The Kier molecular flexibility index (Phi) is 10.8. The molecule has 3 aromatic carbocycles. The second-order valence-electron chi connectivity index (χ2n) is 11.9. The van der Waals surface area contributed by atoms with Crippen molar-refractivity contribution in [1.29, 1.82) is 0 Å². The highest BCUT2D eigenvalue weighted by Crippen LogP contribution is 2.39. The lowest BCUT2D eigenvalue weighted by Gasteiger charge is -2.24. The average Bonchev–Trinajstić information content (AvgIpc) is 3.05. The summed E-state index contributed by atoms with van der Waals surface area (Å²) in [6, 6.07) is 11.8. The van der Waals surface area contributed by atoms with Gasteiger partial charge in [0, 0.05) is 18.9 Å². The van der Waals surface area contributed by atoms with Crippen LogP contribution in [-0.2, 0) is 38.4 Å². The number of carbonyl (C=O) groups is 6.